The van der Waals surface area contributed by atoms with Crippen LogP contribution in [-0.4, -0.2) is 0 Å². The summed E-state index contributed by atoms with van der Waals surface area (Å²) in [6.45, 7) is 16.9. The molecule has 5 unspecified atom stereocenters. The second-order valence-electron chi connectivity index (χ2n) is 7.08. The average molecular weight is 224 g/mol. The highest BCUT2D eigenvalue weighted by molar-refractivity contribution is 4.90. The molecule has 1 fully saturated rings. The number of rotatable bonds is 6. The summed E-state index contributed by atoms with van der Waals surface area (Å²) in [5.74, 6) is 6.50. The molecular weight excluding hydrogens is 192 g/mol. The van der Waals surface area contributed by atoms with Gasteiger partial charge >= 0.3 is 0 Å². The summed E-state index contributed by atoms with van der Waals surface area (Å²) in [5, 5.41) is 0. The lowest BCUT2D eigenvalue weighted by atomic mass is 9.77. The Morgan fingerprint density at radius 2 is 1.44 bits per heavy atom. The highest BCUT2D eigenvalue weighted by atomic mass is 14.5. The van der Waals surface area contributed by atoms with Gasteiger partial charge in [0, 0.05) is 0 Å². The average Bonchev–Trinajstić information content (AvgIpc) is 2.94. The van der Waals surface area contributed by atoms with Crippen LogP contribution in [0.2, 0.25) is 0 Å². The van der Waals surface area contributed by atoms with E-state index < -0.39 is 0 Å². The van der Waals surface area contributed by atoms with Crippen molar-refractivity contribution in [3.8, 4) is 0 Å². The summed E-state index contributed by atoms with van der Waals surface area (Å²) in [4.78, 5) is 0. The van der Waals surface area contributed by atoms with Crippen molar-refractivity contribution >= 4 is 0 Å². The lowest BCUT2D eigenvalue weighted by Crippen LogP contribution is -2.21. The Labute approximate surface area is 103 Å². The summed E-state index contributed by atoms with van der Waals surface area (Å²) < 4.78 is 0. The first kappa shape index (κ1) is 14.1. The van der Waals surface area contributed by atoms with Crippen molar-refractivity contribution < 1.29 is 0 Å². The molecule has 0 aliphatic heterocycles. The standard InChI is InChI=1S/C16H32/c1-10(2)13(6)14(7)12(5)8-15-9-16(15)11(3)4/h10-16H,8-9H2,1-7H3. The summed E-state index contributed by atoms with van der Waals surface area (Å²) in [5.41, 5.74) is 0. The minimum atomic E-state index is 0.831. The quantitative estimate of drug-likeness (QED) is 0.579. The fourth-order valence-electron chi connectivity index (χ4n) is 3.18. The fraction of sp³-hybridized carbons (Fsp3) is 1.00. The molecule has 0 spiro atoms. The van der Waals surface area contributed by atoms with Crippen molar-refractivity contribution in [1.82, 2.24) is 0 Å². The van der Waals surface area contributed by atoms with E-state index in [-0.39, 0.29) is 0 Å². The van der Waals surface area contributed by atoms with Crippen molar-refractivity contribution in [2.24, 2.45) is 41.4 Å². The molecule has 16 heavy (non-hydrogen) atoms. The maximum atomic E-state index is 2.47. The summed E-state index contributed by atoms with van der Waals surface area (Å²) in [7, 11) is 0. The molecule has 1 aliphatic rings. The Bertz CT molecular complexity index is 204. The molecule has 0 aromatic carbocycles. The Morgan fingerprint density at radius 3 is 1.81 bits per heavy atom. The second-order valence-corrected chi connectivity index (χ2v) is 7.08. The maximum Gasteiger partial charge on any atom is -0.0360 e. The van der Waals surface area contributed by atoms with E-state index in [9.17, 15) is 0 Å². The van der Waals surface area contributed by atoms with Crippen LogP contribution < -0.4 is 0 Å². The number of hydrogen-bond acceptors (Lipinski definition) is 0. The molecule has 1 aliphatic carbocycles. The molecule has 0 nitrogen and oxygen atoms in total. The van der Waals surface area contributed by atoms with Gasteiger partial charge in [-0.25, -0.2) is 0 Å². The van der Waals surface area contributed by atoms with Crippen LogP contribution in [0.1, 0.15) is 61.3 Å². The second kappa shape index (κ2) is 5.56. The van der Waals surface area contributed by atoms with Gasteiger partial charge in [0.1, 0.15) is 0 Å². The van der Waals surface area contributed by atoms with E-state index in [1.165, 1.54) is 12.8 Å². The number of hydrogen-bond donors (Lipinski definition) is 0. The smallest absolute Gasteiger partial charge is 0.0360 e. The molecule has 1 saturated carbocycles. The van der Waals surface area contributed by atoms with Crippen LogP contribution in [0.4, 0.5) is 0 Å². The summed E-state index contributed by atoms with van der Waals surface area (Å²) in [6.07, 6.45) is 2.98. The SMILES string of the molecule is CC(C)C(C)C(C)C(C)CC1CC1C(C)C. The molecule has 0 aromatic rings. The first-order valence-corrected chi connectivity index (χ1v) is 7.34. The molecule has 5 atom stereocenters. The first-order valence-electron chi connectivity index (χ1n) is 7.34. The Balaban J connectivity index is 2.33. The molecule has 0 heterocycles. The van der Waals surface area contributed by atoms with Crippen molar-refractivity contribution in [2.75, 3.05) is 0 Å². The molecule has 0 amide bonds. The lowest BCUT2D eigenvalue weighted by Gasteiger charge is -2.29. The van der Waals surface area contributed by atoms with Crippen molar-refractivity contribution in [2.45, 2.75) is 61.3 Å². The summed E-state index contributed by atoms with van der Waals surface area (Å²) in [6, 6.07) is 0. The summed E-state index contributed by atoms with van der Waals surface area (Å²) >= 11 is 0. The molecular formula is C16H32. The van der Waals surface area contributed by atoms with Crippen LogP contribution in [0.3, 0.4) is 0 Å². The molecule has 96 valence electrons. The van der Waals surface area contributed by atoms with Crippen LogP contribution >= 0.6 is 0 Å². The molecule has 0 heteroatoms. The predicted octanol–water partition coefficient (Wildman–Crippen LogP) is 5.23. The third-order valence-electron chi connectivity index (χ3n) is 5.29. The zero-order valence-electron chi connectivity index (χ0n) is 12.5. The predicted molar refractivity (Wildman–Crippen MR) is 73.4 cm³/mol. The van der Waals surface area contributed by atoms with E-state index in [0.29, 0.717) is 0 Å². The van der Waals surface area contributed by atoms with Crippen LogP contribution in [0, 0.1) is 41.4 Å². The normalized spacial score (nSPS) is 30.6. The monoisotopic (exact) mass is 224 g/mol. The lowest BCUT2D eigenvalue weighted by molar-refractivity contribution is 0.206. The molecule has 0 saturated heterocycles. The Morgan fingerprint density at radius 1 is 0.875 bits per heavy atom. The van der Waals surface area contributed by atoms with E-state index in [2.05, 4.69) is 48.5 Å². The minimum absolute atomic E-state index is 0.831. The van der Waals surface area contributed by atoms with E-state index in [1.807, 2.05) is 0 Å². The third kappa shape index (κ3) is 3.50. The van der Waals surface area contributed by atoms with E-state index in [4.69, 9.17) is 0 Å². The largest absolute Gasteiger partial charge is 0.0625 e. The third-order valence-corrected chi connectivity index (χ3v) is 5.29. The fourth-order valence-corrected chi connectivity index (χ4v) is 3.18. The van der Waals surface area contributed by atoms with Gasteiger partial charge in [0.05, 0.1) is 0 Å². The van der Waals surface area contributed by atoms with E-state index in [1.54, 1.807) is 0 Å². The van der Waals surface area contributed by atoms with Gasteiger partial charge in [0.15, 0.2) is 0 Å². The molecule has 1 rings (SSSR count). The molecule has 0 N–H and O–H groups in total. The van der Waals surface area contributed by atoms with Crippen LogP contribution in [-0.2, 0) is 0 Å². The minimum Gasteiger partial charge on any atom is -0.0625 e. The molecule has 0 aromatic heterocycles. The van der Waals surface area contributed by atoms with Gasteiger partial charge in [-0.15, -0.1) is 0 Å². The molecule has 0 bridgehead atoms. The van der Waals surface area contributed by atoms with Crippen LogP contribution in [0.25, 0.3) is 0 Å². The topological polar surface area (TPSA) is 0 Å². The van der Waals surface area contributed by atoms with Gasteiger partial charge in [-0.1, -0.05) is 48.5 Å². The van der Waals surface area contributed by atoms with Gasteiger partial charge in [-0.05, 0) is 54.3 Å². The van der Waals surface area contributed by atoms with Crippen molar-refractivity contribution in [3.63, 3.8) is 0 Å². The maximum absolute atomic E-state index is 2.47. The molecule has 0 radical (unpaired) electrons. The van der Waals surface area contributed by atoms with Gasteiger partial charge in [0.25, 0.3) is 0 Å². The Hall–Kier alpha value is 0. The van der Waals surface area contributed by atoms with Crippen molar-refractivity contribution in [3.05, 3.63) is 0 Å². The highest BCUT2D eigenvalue weighted by Gasteiger charge is 2.40. The van der Waals surface area contributed by atoms with Crippen molar-refractivity contribution in [1.29, 1.82) is 0 Å². The van der Waals surface area contributed by atoms with Gasteiger partial charge in [-0.3, -0.25) is 0 Å². The highest BCUT2D eigenvalue weighted by Crippen LogP contribution is 2.49. The zero-order chi connectivity index (χ0) is 12.5. The van der Waals surface area contributed by atoms with Gasteiger partial charge in [0.2, 0.25) is 0 Å². The van der Waals surface area contributed by atoms with E-state index in [0.717, 1.165) is 41.4 Å². The zero-order valence-corrected chi connectivity index (χ0v) is 12.5. The first-order chi connectivity index (χ1) is 7.34. The van der Waals surface area contributed by atoms with Gasteiger partial charge in [-0.2, -0.15) is 0 Å². The van der Waals surface area contributed by atoms with Gasteiger partial charge < -0.3 is 0 Å². The van der Waals surface area contributed by atoms with Crippen LogP contribution in [0.15, 0.2) is 0 Å². The Kier molecular flexibility index (Phi) is 4.88. The van der Waals surface area contributed by atoms with Crippen LogP contribution in [0.5, 0.6) is 0 Å². The van der Waals surface area contributed by atoms with E-state index >= 15 is 0 Å².